The number of hydrogen-bond donors (Lipinski definition) is 1. The molecule has 1 fully saturated rings. The maximum atomic E-state index is 12.6. The molecule has 0 radical (unpaired) electrons. The first-order chi connectivity index (χ1) is 9.00. The highest BCUT2D eigenvalue weighted by molar-refractivity contribution is 5.38. The van der Waals surface area contributed by atoms with E-state index in [2.05, 4.69) is 0 Å². The standard InChI is InChI=1S/C14H18F3NO/c15-14(16,17)11-6-7-13(10(8-11)9-18)19-12-4-2-1-3-5-12/h6-8,12H,1-5,9,18H2. The first-order valence-corrected chi connectivity index (χ1v) is 6.57. The Bertz CT molecular complexity index is 425. The van der Waals surface area contributed by atoms with Gasteiger partial charge in [0.1, 0.15) is 5.75 Å². The molecule has 0 aliphatic heterocycles. The summed E-state index contributed by atoms with van der Waals surface area (Å²) in [6.07, 6.45) is 1.13. The normalized spacial score (nSPS) is 17.5. The summed E-state index contributed by atoms with van der Waals surface area (Å²) in [5, 5.41) is 0. The van der Waals surface area contributed by atoms with Crippen LogP contribution in [0.15, 0.2) is 18.2 Å². The van der Waals surface area contributed by atoms with E-state index in [9.17, 15) is 13.2 Å². The molecule has 2 N–H and O–H groups in total. The van der Waals surface area contributed by atoms with Crippen LogP contribution in [0.3, 0.4) is 0 Å². The van der Waals surface area contributed by atoms with Crippen LogP contribution in [-0.2, 0) is 12.7 Å². The van der Waals surface area contributed by atoms with E-state index in [1.54, 1.807) is 0 Å². The molecule has 0 spiro atoms. The molecule has 1 aliphatic rings. The van der Waals surface area contributed by atoms with Crippen molar-refractivity contribution in [2.75, 3.05) is 0 Å². The number of nitrogens with two attached hydrogens (primary N) is 1. The molecule has 0 bridgehead atoms. The summed E-state index contributed by atoms with van der Waals surface area (Å²) < 4.78 is 43.6. The van der Waals surface area contributed by atoms with Gasteiger partial charge in [-0.25, -0.2) is 0 Å². The zero-order chi connectivity index (χ0) is 13.9. The van der Waals surface area contributed by atoms with Crippen molar-refractivity contribution in [3.8, 4) is 5.75 Å². The highest BCUT2D eigenvalue weighted by Gasteiger charge is 2.31. The zero-order valence-electron chi connectivity index (χ0n) is 10.7. The van der Waals surface area contributed by atoms with Crippen molar-refractivity contribution in [1.29, 1.82) is 0 Å². The minimum absolute atomic E-state index is 0.0476. The number of alkyl halides is 3. The predicted molar refractivity (Wildman–Crippen MR) is 66.8 cm³/mol. The second-order valence-corrected chi connectivity index (χ2v) is 4.90. The van der Waals surface area contributed by atoms with Gasteiger partial charge >= 0.3 is 6.18 Å². The van der Waals surface area contributed by atoms with Gasteiger partial charge in [-0.1, -0.05) is 6.42 Å². The van der Waals surface area contributed by atoms with Crippen LogP contribution >= 0.6 is 0 Å². The molecule has 106 valence electrons. The van der Waals surface area contributed by atoms with Gasteiger partial charge in [0.25, 0.3) is 0 Å². The Kier molecular flexibility index (Phi) is 4.34. The largest absolute Gasteiger partial charge is 0.490 e. The Hall–Kier alpha value is -1.23. The van der Waals surface area contributed by atoms with Crippen molar-refractivity contribution >= 4 is 0 Å². The average molecular weight is 273 g/mol. The molecule has 2 rings (SSSR count). The van der Waals surface area contributed by atoms with Crippen molar-refractivity contribution in [2.24, 2.45) is 5.73 Å². The van der Waals surface area contributed by atoms with E-state index in [0.717, 1.165) is 37.8 Å². The van der Waals surface area contributed by atoms with Gasteiger partial charge in [0.15, 0.2) is 0 Å². The number of halogens is 3. The number of ether oxygens (including phenoxy) is 1. The fourth-order valence-corrected chi connectivity index (χ4v) is 2.39. The van der Waals surface area contributed by atoms with Crippen LogP contribution in [0.4, 0.5) is 13.2 Å². The van der Waals surface area contributed by atoms with E-state index in [4.69, 9.17) is 10.5 Å². The Balaban J connectivity index is 2.16. The van der Waals surface area contributed by atoms with Crippen LogP contribution in [0.25, 0.3) is 0 Å². The Labute approximate surface area is 110 Å². The lowest BCUT2D eigenvalue weighted by molar-refractivity contribution is -0.137. The molecule has 1 aromatic carbocycles. The minimum Gasteiger partial charge on any atom is -0.490 e. The van der Waals surface area contributed by atoms with E-state index in [1.807, 2.05) is 0 Å². The molecule has 0 aromatic heterocycles. The molecule has 19 heavy (non-hydrogen) atoms. The summed E-state index contributed by atoms with van der Waals surface area (Å²) >= 11 is 0. The van der Waals surface area contributed by atoms with E-state index < -0.39 is 11.7 Å². The second-order valence-electron chi connectivity index (χ2n) is 4.90. The molecule has 1 aromatic rings. The average Bonchev–Trinajstić information content (AvgIpc) is 2.39. The van der Waals surface area contributed by atoms with Crippen molar-refractivity contribution in [1.82, 2.24) is 0 Å². The summed E-state index contributed by atoms with van der Waals surface area (Å²) in [6.45, 7) is 0.0476. The molecular formula is C14H18F3NO. The van der Waals surface area contributed by atoms with Gasteiger partial charge in [0.2, 0.25) is 0 Å². The summed E-state index contributed by atoms with van der Waals surface area (Å²) in [7, 11) is 0. The van der Waals surface area contributed by atoms with Crippen LogP contribution < -0.4 is 10.5 Å². The van der Waals surface area contributed by atoms with E-state index in [0.29, 0.717) is 11.3 Å². The van der Waals surface area contributed by atoms with Crippen LogP contribution in [-0.4, -0.2) is 6.10 Å². The highest BCUT2D eigenvalue weighted by Crippen LogP contribution is 2.33. The summed E-state index contributed by atoms with van der Waals surface area (Å²) in [5.41, 5.74) is 5.26. The Morgan fingerprint density at radius 2 is 1.84 bits per heavy atom. The first kappa shape index (κ1) is 14.2. The highest BCUT2D eigenvalue weighted by atomic mass is 19.4. The number of rotatable bonds is 3. The lowest BCUT2D eigenvalue weighted by Gasteiger charge is -2.24. The smallest absolute Gasteiger partial charge is 0.416 e. The van der Waals surface area contributed by atoms with Crippen LogP contribution in [0.1, 0.15) is 43.2 Å². The van der Waals surface area contributed by atoms with Crippen LogP contribution in [0.2, 0.25) is 0 Å². The SMILES string of the molecule is NCc1cc(C(F)(F)F)ccc1OC1CCCCC1. The van der Waals surface area contributed by atoms with Gasteiger partial charge in [0, 0.05) is 12.1 Å². The van der Waals surface area contributed by atoms with Gasteiger partial charge < -0.3 is 10.5 Å². The third kappa shape index (κ3) is 3.62. The van der Waals surface area contributed by atoms with Gasteiger partial charge in [-0.15, -0.1) is 0 Å². The molecule has 0 heterocycles. The van der Waals surface area contributed by atoms with E-state index >= 15 is 0 Å². The van der Waals surface area contributed by atoms with E-state index in [-0.39, 0.29) is 12.6 Å². The molecule has 0 amide bonds. The third-order valence-corrected chi connectivity index (χ3v) is 3.45. The predicted octanol–water partition coefficient (Wildman–Crippen LogP) is 3.88. The monoisotopic (exact) mass is 273 g/mol. The number of benzene rings is 1. The molecule has 5 heteroatoms. The molecule has 0 atom stereocenters. The molecule has 1 aliphatic carbocycles. The van der Waals surface area contributed by atoms with Gasteiger partial charge in [-0.2, -0.15) is 13.2 Å². The van der Waals surface area contributed by atoms with Crippen molar-refractivity contribution < 1.29 is 17.9 Å². The molecule has 1 saturated carbocycles. The van der Waals surface area contributed by atoms with Crippen LogP contribution in [0, 0.1) is 0 Å². The fourth-order valence-electron chi connectivity index (χ4n) is 2.39. The minimum atomic E-state index is -4.34. The summed E-state index contributed by atoms with van der Waals surface area (Å²) in [5.74, 6) is 0.488. The van der Waals surface area contributed by atoms with Crippen LogP contribution in [0.5, 0.6) is 5.75 Å². The summed E-state index contributed by atoms with van der Waals surface area (Å²) in [4.78, 5) is 0. The lowest BCUT2D eigenvalue weighted by atomic mass is 9.97. The second kappa shape index (κ2) is 5.82. The summed E-state index contributed by atoms with van der Waals surface area (Å²) in [6, 6.07) is 3.52. The zero-order valence-corrected chi connectivity index (χ0v) is 10.7. The fraction of sp³-hybridized carbons (Fsp3) is 0.571. The Morgan fingerprint density at radius 3 is 2.42 bits per heavy atom. The quantitative estimate of drug-likeness (QED) is 0.907. The lowest BCUT2D eigenvalue weighted by Crippen LogP contribution is -2.21. The maximum absolute atomic E-state index is 12.6. The van der Waals surface area contributed by atoms with Crippen molar-refractivity contribution in [3.05, 3.63) is 29.3 Å². The number of hydrogen-bond acceptors (Lipinski definition) is 2. The van der Waals surface area contributed by atoms with Gasteiger partial charge in [0.05, 0.1) is 11.7 Å². The molecule has 0 unspecified atom stereocenters. The molecule has 0 saturated heterocycles. The van der Waals surface area contributed by atoms with Crippen molar-refractivity contribution in [2.45, 2.75) is 50.9 Å². The Morgan fingerprint density at radius 1 is 1.16 bits per heavy atom. The third-order valence-electron chi connectivity index (χ3n) is 3.45. The van der Waals surface area contributed by atoms with Crippen molar-refractivity contribution in [3.63, 3.8) is 0 Å². The maximum Gasteiger partial charge on any atom is 0.416 e. The first-order valence-electron chi connectivity index (χ1n) is 6.57. The van der Waals surface area contributed by atoms with E-state index in [1.165, 1.54) is 12.5 Å². The topological polar surface area (TPSA) is 35.2 Å². The van der Waals surface area contributed by atoms with Gasteiger partial charge in [-0.05, 0) is 43.9 Å². The molecule has 2 nitrogen and oxygen atoms in total. The molecular weight excluding hydrogens is 255 g/mol. The van der Waals surface area contributed by atoms with Gasteiger partial charge in [-0.3, -0.25) is 0 Å².